The number of aromatic nitrogens is 2. The van der Waals surface area contributed by atoms with E-state index in [1.54, 1.807) is 0 Å². The number of benzene rings is 1. The predicted molar refractivity (Wildman–Crippen MR) is 66.9 cm³/mol. The first-order valence-electron chi connectivity index (χ1n) is 5.69. The summed E-state index contributed by atoms with van der Waals surface area (Å²) >= 11 is 5.92. The summed E-state index contributed by atoms with van der Waals surface area (Å²) < 4.78 is 18.4. The van der Waals surface area contributed by atoms with Gasteiger partial charge in [0.1, 0.15) is 5.82 Å². The number of halogens is 2. The molecule has 0 saturated carbocycles. The fraction of sp³-hybridized carbons (Fsp3) is 0.333. The molecular formula is C12H13ClFN3O. The highest BCUT2D eigenvalue weighted by Crippen LogP contribution is 2.27. The zero-order chi connectivity index (χ0) is 13.0. The monoisotopic (exact) mass is 269 g/mol. The first kappa shape index (κ1) is 13.0. The van der Waals surface area contributed by atoms with Gasteiger partial charge in [-0.3, -0.25) is 0 Å². The van der Waals surface area contributed by atoms with E-state index in [9.17, 15) is 4.39 Å². The van der Waals surface area contributed by atoms with Crippen molar-refractivity contribution in [1.29, 1.82) is 0 Å². The van der Waals surface area contributed by atoms with Gasteiger partial charge in [0, 0.05) is 13.0 Å². The Kier molecular flexibility index (Phi) is 4.28. The molecule has 0 saturated heterocycles. The Morgan fingerprint density at radius 2 is 2.22 bits per heavy atom. The smallest absolute Gasteiger partial charge is 0.249 e. The molecule has 0 aliphatic rings. The fourth-order valence-electron chi connectivity index (χ4n) is 1.50. The molecule has 0 spiro atoms. The van der Waals surface area contributed by atoms with E-state index >= 15 is 0 Å². The number of nitrogens with zero attached hydrogens (tertiary/aromatic N) is 2. The molecule has 1 N–H and O–H groups in total. The number of rotatable bonds is 5. The molecule has 0 aliphatic heterocycles. The van der Waals surface area contributed by atoms with Gasteiger partial charge in [0.25, 0.3) is 0 Å². The van der Waals surface area contributed by atoms with Gasteiger partial charge in [-0.15, -0.1) is 10.2 Å². The summed E-state index contributed by atoms with van der Waals surface area (Å²) in [6.45, 7) is 3.69. The van der Waals surface area contributed by atoms with Crippen LogP contribution in [0.4, 0.5) is 4.39 Å². The van der Waals surface area contributed by atoms with E-state index < -0.39 is 5.82 Å². The van der Waals surface area contributed by atoms with Gasteiger partial charge in [0.05, 0.1) is 10.6 Å². The Balaban J connectivity index is 2.13. The van der Waals surface area contributed by atoms with Crippen LogP contribution in [0.25, 0.3) is 11.5 Å². The average molecular weight is 270 g/mol. The standard InChI is InChI=1S/C12H13ClFN3O/c1-2-15-6-5-11-16-17-12(18-11)9-4-3-8(14)7-10(9)13/h3-4,7,15H,2,5-6H2,1H3. The summed E-state index contributed by atoms with van der Waals surface area (Å²) in [7, 11) is 0. The largest absolute Gasteiger partial charge is 0.421 e. The van der Waals surface area contributed by atoms with Gasteiger partial charge >= 0.3 is 0 Å². The Morgan fingerprint density at radius 1 is 1.39 bits per heavy atom. The Labute approximate surface area is 109 Å². The van der Waals surface area contributed by atoms with E-state index in [1.165, 1.54) is 18.2 Å². The molecule has 0 radical (unpaired) electrons. The van der Waals surface area contributed by atoms with Crippen LogP contribution in [-0.4, -0.2) is 23.3 Å². The lowest BCUT2D eigenvalue weighted by atomic mass is 10.2. The first-order chi connectivity index (χ1) is 8.70. The molecule has 1 aromatic heterocycles. The summed E-state index contributed by atoms with van der Waals surface area (Å²) in [5, 5.41) is 11.2. The SMILES string of the molecule is CCNCCc1nnc(-c2ccc(F)cc2Cl)o1. The van der Waals surface area contributed by atoms with Gasteiger partial charge in [-0.2, -0.15) is 0 Å². The molecule has 0 unspecified atom stereocenters. The summed E-state index contributed by atoms with van der Waals surface area (Å²) in [6.07, 6.45) is 0.652. The third kappa shape index (κ3) is 3.05. The van der Waals surface area contributed by atoms with Gasteiger partial charge in [-0.1, -0.05) is 18.5 Å². The van der Waals surface area contributed by atoms with Gasteiger partial charge in [0.15, 0.2) is 0 Å². The number of nitrogens with one attached hydrogen (secondary N) is 1. The van der Waals surface area contributed by atoms with Crippen LogP contribution >= 0.6 is 11.6 Å². The average Bonchev–Trinajstić information content (AvgIpc) is 2.78. The molecule has 2 aromatic rings. The summed E-state index contributed by atoms with van der Waals surface area (Å²) in [6, 6.07) is 4.06. The lowest BCUT2D eigenvalue weighted by molar-refractivity contribution is 0.496. The fourth-order valence-corrected chi connectivity index (χ4v) is 1.75. The Morgan fingerprint density at radius 3 is 2.94 bits per heavy atom. The molecule has 1 heterocycles. The number of hydrogen-bond acceptors (Lipinski definition) is 4. The van der Waals surface area contributed by atoms with Crippen molar-refractivity contribution in [2.45, 2.75) is 13.3 Å². The zero-order valence-electron chi connectivity index (χ0n) is 9.91. The molecular weight excluding hydrogens is 257 g/mol. The van der Waals surface area contributed by atoms with Crippen LogP contribution in [0.5, 0.6) is 0 Å². The van der Waals surface area contributed by atoms with Crippen LogP contribution < -0.4 is 5.32 Å². The number of hydrogen-bond donors (Lipinski definition) is 1. The minimum atomic E-state index is -0.393. The van der Waals surface area contributed by atoms with E-state index in [2.05, 4.69) is 15.5 Å². The van der Waals surface area contributed by atoms with E-state index in [4.69, 9.17) is 16.0 Å². The van der Waals surface area contributed by atoms with Crippen molar-refractivity contribution in [3.63, 3.8) is 0 Å². The summed E-state index contributed by atoms with van der Waals surface area (Å²) in [4.78, 5) is 0. The molecule has 2 rings (SSSR count). The molecule has 0 fully saturated rings. The molecule has 0 bridgehead atoms. The molecule has 18 heavy (non-hydrogen) atoms. The molecule has 0 aliphatic carbocycles. The Bertz CT molecular complexity index is 530. The van der Waals surface area contributed by atoms with Crippen LogP contribution in [0, 0.1) is 5.82 Å². The van der Waals surface area contributed by atoms with Crippen molar-refractivity contribution < 1.29 is 8.81 Å². The van der Waals surface area contributed by atoms with Gasteiger partial charge in [-0.05, 0) is 24.7 Å². The minimum absolute atomic E-state index is 0.261. The minimum Gasteiger partial charge on any atom is -0.421 e. The third-order valence-electron chi connectivity index (χ3n) is 2.39. The zero-order valence-corrected chi connectivity index (χ0v) is 10.7. The molecule has 4 nitrogen and oxygen atoms in total. The van der Waals surface area contributed by atoms with Gasteiger partial charge < -0.3 is 9.73 Å². The second kappa shape index (κ2) is 5.93. The van der Waals surface area contributed by atoms with Crippen LogP contribution in [-0.2, 0) is 6.42 Å². The van der Waals surface area contributed by atoms with E-state index in [1.807, 2.05) is 6.92 Å². The number of likely N-dealkylation sites (N-methyl/N-ethyl adjacent to an activating group) is 1. The highest BCUT2D eigenvalue weighted by molar-refractivity contribution is 6.33. The first-order valence-corrected chi connectivity index (χ1v) is 6.07. The second-order valence-electron chi connectivity index (χ2n) is 3.73. The van der Waals surface area contributed by atoms with Crippen molar-refractivity contribution in [2.24, 2.45) is 0 Å². The lowest BCUT2D eigenvalue weighted by Crippen LogP contribution is -2.16. The molecule has 96 valence electrons. The molecule has 0 atom stereocenters. The van der Waals surface area contributed by atoms with Crippen LogP contribution in [0.1, 0.15) is 12.8 Å². The van der Waals surface area contributed by atoms with E-state index in [0.29, 0.717) is 23.8 Å². The van der Waals surface area contributed by atoms with E-state index in [0.717, 1.165) is 13.1 Å². The van der Waals surface area contributed by atoms with Gasteiger partial charge in [-0.25, -0.2) is 4.39 Å². The molecule has 6 heteroatoms. The maximum absolute atomic E-state index is 12.9. The quantitative estimate of drug-likeness (QED) is 0.848. The maximum atomic E-state index is 12.9. The second-order valence-corrected chi connectivity index (χ2v) is 4.14. The predicted octanol–water partition coefficient (Wildman–Crippen LogP) is 2.68. The summed E-state index contributed by atoms with van der Waals surface area (Å²) in [5.74, 6) is 0.452. The maximum Gasteiger partial charge on any atom is 0.249 e. The van der Waals surface area contributed by atoms with Crippen LogP contribution in [0.2, 0.25) is 5.02 Å². The molecule has 1 aromatic carbocycles. The highest BCUT2D eigenvalue weighted by Gasteiger charge is 2.12. The van der Waals surface area contributed by atoms with Crippen molar-refractivity contribution in [3.05, 3.63) is 34.9 Å². The lowest BCUT2D eigenvalue weighted by Gasteiger charge is -1.98. The highest BCUT2D eigenvalue weighted by atomic mass is 35.5. The van der Waals surface area contributed by atoms with Crippen LogP contribution in [0.15, 0.2) is 22.6 Å². The van der Waals surface area contributed by atoms with Gasteiger partial charge in [0.2, 0.25) is 11.8 Å². The topological polar surface area (TPSA) is 51.0 Å². The van der Waals surface area contributed by atoms with Crippen molar-refractivity contribution >= 4 is 11.6 Å². The molecule has 0 amide bonds. The van der Waals surface area contributed by atoms with Crippen LogP contribution in [0.3, 0.4) is 0 Å². The van der Waals surface area contributed by atoms with Crippen molar-refractivity contribution in [2.75, 3.05) is 13.1 Å². The van der Waals surface area contributed by atoms with E-state index in [-0.39, 0.29) is 5.02 Å². The Hall–Kier alpha value is -1.46. The third-order valence-corrected chi connectivity index (χ3v) is 2.71. The van der Waals surface area contributed by atoms with Crippen molar-refractivity contribution in [3.8, 4) is 11.5 Å². The van der Waals surface area contributed by atoms with Crippen molar-refractivity contribution in [1.82, 2.24) is 15.5 Å². The normalized spacial score (nSPS) is 10.8. The summed E-state index contributed by atoms with van der Waals surface area (Å²) in [5.41, 5.74) is 0.542.